The average Bonchev–Trinajstić information content (AvgIpc) is 2.50. The molecule has 0 atom stereocenters. The Labute approximate surface area is 136 Å². The maximum atomic E-state index is 5.39. The van der Waals surface area contributed by atoms with Crippen LogP contribution in [0.3, 0.4) is 0 Å². The maximum absolute atomic E-state index is 5.39. The lowest BCUT2D eigenvalue weighted by atomic mass is 10.1. The van der Waals surface area contributed by atoms with Crippen LogP contribution in [0.4, 0.5) is 0 Å². The summed E-state index contributed by atoms with van der Waals surface area (Å²) in [6.07, 6.45) is 2.21. The van der Waals surface area contributed by atoms with Gasteiger partial charge in [0.1, 0.15) is 16.0 Å². The molecule has 0 aliphatic carbocycles. The molecule has 118 valence electrons. The fourth-order valence-corrected chi connectivity index (χ4v) is 3.20. The molecule has 1 aliphatic heterocycles. The molecule has 5 heteroatoms. The van der Waals surface area contributed by atoms with Crippen LogP contribution in [0.5, 0.6) is 11.5 Å². The molecule has 0 amide bonds. The van der Waals surface area contributed by atoms with Crippen molar-refractivity contribution in [3.63, 3.8) is 0 Å². The van der Waals surface area contributed by atoms with Crippen LogP contribution in [0.15, 0.2) is 16.6 Å². The third-order valence-corrected chi connectivity index (χ3v) is 4.82. The van der Waals surface area contributed by atoms with Gasteiger partial charge in [-0.05, 0) is 60.1 Å². The molecule has 0 spiro atoms. The zero-order chi connectivity index (χ0) is 15.2. The van der Waals surface area contributed by atoms with Crippen molar-refractivity contribution in [3.05, 3.63) is 22.2 Å². The minimum atomic E-state index is 0.837. The van der Waals surface area contributed by atoms with Gasteiger partial charge >= 0.3 is 0 Å². The molecule has 0 aromatic heterocycles. The van der Waals surface area contributed by atoms with Crippen molar-refractivity contribution in [1.29, 1.82) is 0 Å². The number of benzene rings is 1. The highest BCUT2D eigenvalue weighted by Crippen LogP contribution is 2.35. The summed E-state index contributed by atoms with van der Waals surface area (Å²) in [6, 6.07) is 4.19. The summed E-state index contributed by atoms with van der Waals surface area (Å²) in [5, 5.41) is 0. The molecule has 4 nitrogen and oxygen atoms in total. The lowest BCUT2D eigenvalue weighted by molar-refractivity contribution is 0.153. The van der Waals surface area contributed by atoms with Gasteiger partial charge in [-0.15, -0.1) is 0 Å². The standard InChI is InChI=1S/C16H25BrN2O2/c1-18-7-9-19(10-8-18)6-4-5-13-11-14(20-2)16(17)15(12-13)21-3/h11-12H,4-10H2,1-3H3. The molecule has 0 unspecified atom stereocenters. The highest BCUT2D eigenvalue weighted by molar-refractivity contribution is 9.10. The monoisotopic (exact) mass is 356 g/mol. The number of nitrogens with zero attached hydrogens (tertiary/aromatic N) is 2. The Bertz CT molecular complexity index is 435. The SMILES string of the molecule is COc1cc(CCCN2CCN(C)CC2)cc(OC)c1Br. The fourth-order valence-electron chi connectivity index (χ4n) is 2.65. The normalized spacial score (nSPS) is 17.0. The van der Waals surface area contributed by atoms with E-state index in [1.54, 1.807) is 14.2 Å². The van der Waals surface area contributed by atoms with Crippen LogP contribution < -0.4 is 9.47 Å². The van der Waals surface area contributed by atoms with E-state index in [1.807, 2.05) is 0 Å². The van der Waals surface area contributed by atoms with Crippen LogP contribution in [0, 0.1) is 0 Å². The van der Waals surface area contributed by atoms with E-state index in [2.05, 4.69) is 44.9 Å². The Hall–Kier alpha value is -0.780. The average molecular weight is 357 g/mol. The Balaban J connectivity index is 1.88. The van der Waals surface area contributed by atoms with Crippen LogP contribution in [0.25, 0.3) is 0 Å². The van der Waals surface area contributed by atoms with Gasteiger partial charge in [-0.2, -0.15) is 0 Å². The number of ether oxygens (including phenoxy) is 2. The van der Waals surface area contributed by atoms with Gasteiger partial charge in [0.2, 0.25) is 0 Å². The van der Waals surface area contributed by atoms with E-state index in [0.29, 0.717) is 0 Å². The predicted octanol–water partition coefficient (Wildman–Crippen LogP) is 2.65. The largest absolute Gasteiger partial charge is 0.495 e. The number of hydrogen-bond acceptors (Lipinski definition) is 4. The second kappa shape index (κ2) is 8.01. The number of piperazine rings is 1. The lowest BCUT2D eigenvalue weighted by Crippen LogP contribution is -2.44. The molecular weight excluding hydrogens is 332 g/mol. The van der Waals surface area contributed by atoms with Crippen molar-refractivity contribution in [2.75, 3.05) is 54.0 Å². The molecule has 0 N–H and O–H groups in total. The summed E-state index contributed by atoms with van der Waals surface area (Å²) in [7, 11) is 5.57. The third-order valence-electron chi connectivity index (χ3n) is 4.04. The van der Waals surface area contributed by atoms with E-state index in [4.69, 9.17) is 9.47 Å². The van der Waals surface area contributed by atoms with Crippen LogP contribution in [-0.4, -0.2) is 63.8 Å². The van der Waals surface area contributed by atoms with E-state index < -0.39 is 0 Å². The van der Waals surface area contributed by atoms with E-state index in [1.165, 1.54) is 31.7 Å². The van der Waals surface area contributed by atoms with Crippen LogP contribution in [0.1, 0.15) is 12.0 Å². The number of aryl methyl sites for hydroxylation is 1. The molecule has 1 saturated heterocycles. The van der Waals surface area contributed by atoms with Gasteiger partial charge in [-0.1, -0.05) is 0 Å². The van der Waals surface area contributed by atoms with Crippen molar-refractivity contribution in [2.45, 2.75) is 12.8 Å². The van der Waals surface area contributed by atoms with E-state index in [-0.39, 0.29) is 0 Å². The summed E-state index contributed by atoms with van der Waals surface area (Å²) in [6.45, 7) is 5.89. The fraction of sp³-hybridized carbons (Fsp3) is 0.625. The molecule has 0 saturated carbocycles. The van der Waals surface area contributed by atoms with Gasteiger partial charge in [0, 0.05) is 26.2 Å². The van der Waals surface area contributed by atoms with Gasteiger partial charge in [0.15, 0.2) is 0 Å². The first-order valence-corrected chi connectivity index (χ1v) is 8.24. The Kier molecular flexibility index (Phi) is 6.33. The number of halogens is 1. The highest BCUT2D eigenvalue weighted by Gasteiger charge is 2.14. The topological polar surface area (TPSA) is 24.9 Å². The second-order valence-corrected chi connectivity index (χ2v) is 6.36. The first kappa shape index (κ1) is 16.6. The van der Waals surface area contributed by atoms with Gasteiger partial charge < -0.3 is 19.3 Å². The minimum Gasteiger partial charge on any atom is -0.495 e. The van der Waals surface area contributed by atoms with Crippen molar-refractivity contribution < 1.29 is 9.47 Å². The van der Waals surface area contributed by atoms with E-state index in [9.17, 15) is 0 Å². The van der Waals surface area contributed by atoms with Gasteiger partial charge in [-0.3, -0.25) is 0 Å². The molecular formula is C16H25BrN2O2. The van der Waals surface area contributed by atoms with Gasteiger partial charge in [0.25, 0.3) is 0 Å². The van der Waals surface area contributed by atoms with Crippen LogP contribution >= 0.6 is 15.9 Å². The first-order chi connectivity index (χ1) is 10.1. The predicted molar refractivity (Wildman–Crippen MR) is 89.5 cm³/mol. The van der Waals surface area contributed by atoms with E-state index in [0.717, 1.165) is 35.4 Å². The first-order valence-electron chi connectivity index (χ1n) is 7.45. The molecule has 1 aliphatic rings. The Morgan fingerprint density at radius 1 is 1.05 bits per heavy atom. The molecule has 2 rings (SSSR count). The molecule has 21 heavy (non-hydrogen) atoms. The number of hydrogen-bond donors (Lipinski definition) is 0. The third kappa shape index (κ3) is 4.59. The summed E-state index contributed by atoms with van der Waals surface area (Å²) >= 11 is 3.51. The minimum absolute atomic E-state index is 0.837. The highest BCUT2D eigenvalue weighted by atomic mass is 79.9. The molecule has 0 bridgehead atoms. The summed E-state index contributed by atoms with van der Waals surface area (Å²) < 4.78 is 11.7. The van der Waals surface area contributed by atoms with Gasteiger partial charge in [0.05, 0.1) is 14.2 Å². The summed E-state index contributed by atoms with van der Waals surface area (Å²) in [5.74, 6) is 1.67. The summed E-state index contributed by atoms with van der Waals surface area (Å²) in [4.78, 5) is 4.94. The molecule has 0 radical (unpaired) electrons. The van der Waals surface area contributed by atoms with Crippen LogP contribution in [-0.2, 0) is 6.42 Å². The molecule has 1 aromatic rings. The second-order valence-electron chi connectivity index (χ2n) is 5.56. The smallest absolute Gasteiger partial charge is 0.137 e. The van der Waals surface area contributed by atoms with Crippen molar-refractivity contribution >= 4 is 15.9 Å². The molecule has 1 aromatic carbocycles. The van der Waals surface area contributed by atoms with Gasteiger partial charge in [-0.25, -0.2) is 0 Å². The van der Waals surface area contributed by atoms with Crippen molar-refractivity contribution in [3.8, 4) is 11.5 Å². The number of likely N-dealkylation sites (N-methyl/N-ethyl adjacent to an activating group) is 1. The quantitative estimate of drug-likeness (QED) is 0.782. The Morgan fingerprint density at radius 3 is 2.14 bits per heavy atom. The van der Waals surface area contributed by atoms with Crippen LogP contribution in [0.2, 0.25) is 0 Å². The van der Waals surface area contributed by atoms with Crippen molar-refractivity contribution in [2.24, 2.45) is 0 Å². The van der Waals surface area contributed by atoms with Crippen molar-refractivity contribution in [1.82, 2.24) is 9.80 Å². The summed E-state index contributed by atoms with van der Waals surface area (Å²) in [5.41, 5.74) is 1.26. The number of rotatable bonds is 6. The lowest BCUT2D eigenvalue weighted by Gasteiger charge is -2.32. The molecule has 1 heterocycles. The molecule has 1 fully saturated rings. The Morgan fingerprint density at radius 2 is 1.62 bits per heavy atom. The number of methoxy groups -OCH3 is 2. The maximum Gasteiger partial charge on any atom is 0.137 e. The van der Waals surface area contributed by atoms with E-state index >= 15 is 0 Å². The zero-order valence-electron chi connectivity index (χ0n) is 13.2. The zero-order valence-corrected chi connectivity index (χ0v) is 14.8.